The Balaban J connectivity index is 0. The molecule has 0 fully saturated rings. The van der Waals surface area contributed by atoms with Crippen LogP contribution in [0.4, 0.5) is 0 Å². The highest BCUT2D eigenvalue weighted by Gasteiger charge is 2.10. The fourth-order valence-corrected chi connectivity index (χ4v) is 4.90. The highest BCUT2D eigenvalue weighted by Crippen LogP contribution is 2.08. The maximum atomic E-state index is 12.0. The van der Waals surface area contributed by atoms with Crippen molar-refractivity contribution in [2.45, 2.75) is 58.4 Å². The van der Waals surface area contributed by atoms with Crippen LogP contribution in [0.15, 0.2) is 12.2 Å². The molecule has 0 bridgehead atoms. The Morgan fingerprint density at radius 2 is 0.841 bits per heavy atom. The molecule has 63 heavy (non-hydrogen) atoms. The van der Waals surface area contributed by atoms with Crippen molar-refractivity contribution in [3.05, 3.63) is 12.2 Å². The third-order valence-corrected chi connectivity index (χ3v) is 8.19. The number of hydrogen-bond donors (Lipinski definition) is 7. The molecule has 0 spiro atoms. The summed E-state index contributed by atoms with van der Waals surface area (Å²) in [6.45, 7) is 12.1. The van der Waals surface area contributed by atoms with Crippen LogP contribution in [0.1, 0.15) is 53.8 Å². The maximum absolute atomic E-state index is 12.0. The molecule has 1 atom stereocenters. The van der Waals surface area contributed by atoms with E-state index in [0.717, 1.165) is 24.8 Å². The van der Waals surface area contributed by atoms with E-state index in [1.807, 2.05) is 6.92 Å². The minimum Gasteiger partial charge on any atom is -0.377 e. The lowest BCUT2D eigenvalue weighted by Crippen LogP contribution is -2.34. The van der Waals surface area contributed by atoms with E-state index in [-0.39, 0.29) is 167 Å². The Morgan fingerprint density at radius 1 is 0.476 bits per heavy atom. The predicted octanol–water partition coefficient (Wildman–Crippen LogP) is -2.06. The summed E-state index contributed by atoms with van der Waals surface area (Å²) in [5, 5.41) is 16.7. The standard InChI is InChI=1S/C41H75N7O15.H2/c1-33(2)36(48-28-34(3)49)7-4-5-10-43-39(53)30-61-24-22-59-18-14-47-41(55)32-63-26-21-57-16-12-45-38(52)9-6-8-37(51)44-11-15-56-20-25-62-31-40(54)46-13-17-58-19-23-60-29-35(50)27-42;/h36,48H,1,4-32,42H2,2-3H3,(H,43,53)(H,44,51)(H,45,52)(H,46,54)(H,47,55);1H. The van der Waals surface area contributed by atoms with Gasteiger partial charge in [0.2, 0.25) is 29.5 Å². The van der Waals surface area contributed by atoms with Gasteiger partial charge in [0, 0.05) is 53.0 Å². The van der Waals surface area contributed by atoms with Gasteiger partial charge in [-0.1, -0.05) is 12.2 Å². The van der Waals surface area contributed by atoms with E-state index in [4.69, 9.17) is 43.6 Å². The summed E-state index contributed by atoms with van der Waals surface area (Å²) in [6, 6.07) is 0.0770. The Morgan fingerprint density at radius 3 is 1.22 bits per heavy atom. The first-order valence-corrected chi connectivity index (χ1v) is 21.5. The second-order valence-corrected chi connectivity index (χ2v) is 14.0. The molecule has 0 aromatic rings. The minimum absolute atomic E-state index is 0. The molecule has 0 aliphatic heterocycles. The fraction of sp³-hybridized carbons (Fsp3) is 0.780. The third kappa shape index (κ3) is 43.1. The Bertz CT molecular complexity index is 1290. The zero-order valence-corrected chi connectivity index (χ0v) is 37.5. The average molecular weight is 908 g/mol. The summed E-state index contributed by atoms with van der Waals surface area (Å²) < 4.78 is 42.4. The number of nitrogens with two attached hydrogens (primary N) is 1. The quantitative estimate of drug-likeness (QED) is 0.0255. The largest absolute Gasteiger partial charge is 0.377 e. The smallest absolute Gasteiger partial charge is 0.246 e. The molecule has 0 rings (SSSR count). The van der Waals surface area contributed by atoms with Crippen LogP contribution in [0.3, 0.4) is 0 Å². The van der Waals surface area contributed by atoms with E-state index in [2.05, 4.69) is 38.5 Å². The number of carbonyl (C=O) groups is 7. The molecule has 8 N–H and O–H groups in total. The molecule has 0 saturated heterocycles. The number of amides is 5. The summed E-state index contributed by atoms with van der Waals surface area (Å²) in [6.07, 6.45) is 3.27. The molecule has 1 unspecified atom stereocenters. The Hall–Kier alpha value is -3.97. The van der Waals surface area contributed by atoms with Crippen LogP contribution < -0.4 is 37.6 Å². The molecule has 22 heteroatoms. The van der Waals surface area contributed by atoms with Gasteiger partial charge in [0.1, 0.15) is 32.2 Å². The summed E-state index contributed by atoms with van der Waals surface area (Å²) in [5.74, 6) is -1.31. The number of carbonyl (C=O) groups excluding carboxylic acids is 7. The molecule has 0 aromatic heterocycles. The molecule has 0 heterocycles. The summed E-state index contributed by atoms with van der Waals surface area (Å²) >= 11 is 0. The van der Waals surface area contributed by atoms with Gasteiger partial charge in [0.05, 0.1) is 92.4 Å². The van der Waals surface area contributed by atoms with Crippen molar-refractivity contribution < 1.29 is 72.9 Å². The van der Waals surface area contributed by atoms with E-state index in [1.54, 1.807) is 0 Å². The maximum Gasteiger partial charge on any atom is 0.246 e. The zero-order valence-electron chi connectivity index (χ0n) is 37.5. The lowest BCUT2D eigenvalue weighted by atomic mass is 10.0. The van der Waals surface area contributed by atoms with Crippen LogP contribution in [-0.4, -0.2) is 199 Å². The molecule has 0 saturated carbocycles. The Labute approximate surface area is 373 Å². The number of nitrogens with one attached hydrogen (secondary N) is 6. The second kappa shape index (κ2) is 43.3. The molecule has 0 aromatic carbocycles. The van der Waals surface area contributed by atoms with Gasteiger partial charge in [0.15, 0.2) is 5.78 Å². The van der Waals surface area contributed by atoms with Crippen molar-refractivity contribution in [1.82, 2.24) is 31.9 Å². The number of unbranched alkanes of at least 4 members (excludes halogenated alkanes) is 1. The number of Topliss-reactive ketones (excluding diaryl/α,β-unsaturated/α-hetero) is 2. The molecule has 0 aliphatic carbocycles. The average Bonchev–Trinajstić information content (AvgIpc) is 3.25. The highest BCUT2D eigenvalue weighted by molar-refractivity contribution is 5.81. The normalized spacial score (nSPS) is 11.4. The van der Waals surface area contributed by atoms with E-state index < -0.39 is 0 Å². The van der Waals surface area contributed by atoms with Crippen molar-refractivity contribution in [1.29, 1.82) is 0 Å². The van der Waals surface area contributed by atoms with Crippen LogP contribution in [0.25, 0.3) is 0 Å². The second-order valence-electron chi connectivity index (χ2n) is 14.0. The van der Waals surface area contributed by atoms with E-state index in [1.165, 1.54) is 6.92 Å². The monoisotopic (exact) mass is 908 g/mol. The van der Waals surface area contributed by atoms with Gasteiger partial charge in [-0.2, -0.15) is 0 Å². The van der Waals surface area contributed by atoms with Crippen LogP contribution in [0, 0.1) is 0 Å². The van der Waals surface area contributed by atoms with Crippen molar-refractivity contribution in [2.75, 3.05) is 152 Å². The lowest BCUT2D eigenvalue weighted by Gasteiger charge is -2.18. The van der Waals surface area contributed by atoms with Crippen molar-refractivity contribution in [3.8, 4) is 0 Å². The topological polar surface area (TPSA) is 292 Å². The van der Waals surface area contributed by atoms with Crippen molar-refractivity contribution in [3.63, 3.8) is 0 Å². The number of ketones is 2. The SMILES string of the molecule is C=C(C)C(CCCCNC(=O)COCCOCCNC(=O)COCCOCCNC(=O)CCCC(=O)NCCOCCOCC(=O)NCCOCCOCC(=O)CN)NCC(C)=O.[HH]. The first-order valence-electron chi connectivity index (χ1n) is 21.5. The summed E-state index contributed by atoms with van der Waals surface area (Å²) in [5.41, 5.74) is 6.15. The van der Waals surface area contributed by atoms with E-state index in [0.29, 0.717) is 52.4 Å². The Kier molecular flexibility index (Phi) is 40.6. The van der Waals surface area contributed by atoms with Gasteiger partial charge in [-0.3, -0.25) is 33.6 Å². The fourth-order valence-electron chi connectivity index (χ4n) is 4.90. The third-order valence-electron chi connectivity index (χ3n) is 8.19. The molecule has 5 amide bonds. The van der Waals surface area contributed by atoms with Crippen molar-refractivity contribution in [2.24, 2.45) is 5.73 Å². The van der Waals surface area contributed by atoms with Gasteiger partial charge < -0.3 is 75.5 Å². The first kappa shape index (κ1) is 59.0. The number of hydrogen-bond acceptors (Lipinski definition) is 17. The van der Waals surface area contributed by atoms with Gasteiger partial charge in [-0.25, -0.2) is 0 Å². The van der Waals surface area contributed by atoms with Crippen LogP contribution in [0.2, 0.25) is 0 Å². The molecule has 22 nitrogen and oxygen atoms in total. The highest BCUT2D eigenvalue weighted by atomic mass is 16.5. The number of rotatable bonds is 46. The molecular formula is C41H77N7O15. The summed E-state index contributed by atoms with van der Waals surface area (Å²) in [4.78, 5) is 81.8. The van der Waals surface area contributed by atoms with E-state index in [9.17, 15) is 33.6 Å². The lowest BCUT2D eigenvalue weighted by molar-refractivity contribution is -0.127. The van der Waals surface area contributed by atoms with Gasteiger partial charge in [-0.05, 0) is 39.5 Å². The molecule has 0 aliphatic rings. The minimum atomic E-state index is -0.302. The number of ether oxygens (including phenoxy) is 8. The zero-order chi connectivity index (χ0) is 46.6. The molecule has 366 valence electrons. The first-order chi connectivity index (χ1) is 30.4. The summed E-state index contributed by atoms with van der Waals surface area (Å²) in [7, 11) is 0. The van der Waals surface area contributed by atoms with E-state index >= 15 is 0 Å². The van der Waals surface area contributed by atoms with Gasteiger partial charge in [0.25, 0.3) is 0 Å². The van der Waals surface area contributed by atoms with Crippen LogP contribution >= 0.6 is 0 Å². The molecular weight excluding hydrogens is 830 g/mol. The van der Waals surface area contributed by atoms with Gasteiger partial charge in [-0.15, -0.1) is 0 Å². The molecule has 0 radical (unpaired) electrons. The van der Waals surface area contributed by atoms with Gasteiger partial charge >= 0.3 is 0 Å². The van der Waals surface area contributed by atoms with Crippen LogP contribution in [-0.2, 0) is 71.5 Å². The predicted molar refractivity (Wildman–Crippen MR) is 233 cm³/mol. The van der Waals surface area contributed by atoms with Crippen molar-refractivity contribution >= 4 is 41.1 Å². The van der Waals surface area contributed by atoms with Crippen LogP contribution in [0.5, 0.6) is 0 Å².